The molecule has 26 heavy (non-hydrogen) atoms. The van der Waals surface area contributed by atoms with E-state index >= 15 is 0 Å². The first-order chi connectivity index (χ1) is 12.5. The molecule has 0 saturated carbocycles. The normalized spacial score (nSPS) is 11.8. The van der Waals surface area contributed by atoms with E-state index in [2.05, 4.69) is 5.10 Å². The third kappa shape index (κ3) is 2.54. The Morgan fingerprint density at radius 1 is 1.04 bits per heavy atom. The minimum absolute atomic E-state index is 0.139. The molecule has 0 atom stereocenters. The lowest BCUT2D eigenvalue weighted by Gasteiger charge is -2.01. The average Bonchev–Trinajstić information content (AvgIpc) is 3.09. The lowest BCUT2D eigenvalue weighted by atomic mass is 10.1. The van der Waals surface area contributed by atoms with Crippen LogP contribution in [0.1, 0.15) is 21.6 Å². The van der Waals surface area contributed by atoms with E-state index in [1.165, 1.54) is 6.08 Å². The summed E-state index contributed by atoms with van der Waals surface area (Å²) in [6.45, 7) is 1.84. The molecule has 4 nitrogen and oxygen atoms in total. The number of fused-ring (bicyclic) bond motifs is 3. The number of nitrogens with zero attached hydrogens (tertiary/aromatic N) is 3. The Bertz CT molecular complexity index is 1180. The third-order valence-electron chi connectivity index (χ3n) is 4.47. The number of imidazole rings is 1. The van der Waals surface area contributed by atoms with E-state index in [1.54, 1.807) is 24.3 Å². The molecule has 0 N–H and O–H groups in total. The quantitative estimate of drug-likeness (QED) is 0.353. The van der Waals surface area contributed by atoms with Crippen molar-refractivity contribution in [3.05, 3.63) is 75.4 Å². The van der Waals surface area contributed by atoms with Gasteiger partial charge in [-0.2, -0.15) is 5.10 Å². The molecule has 0 aliphatic carbocycles. The van der Waals surface area contributed by atoms with Gasteiger partial charge in [0.05, 0.1) is 22.3 Å². The van der Waals surface area contributed by atoms with Crippen LogP contribution in [0, 0.1) is 6.92 Å². The van der Waals surface area contributed by atoms with Crippen LogP contribution in [0.5, 0.6) is 0 Å². The smallest absolute Gasteiger partial charge is 0.191 e. The second-order valence-electron chi connectivity index (χ2n) is 6.08. The van der Waals surface area contributed by atoms with Crippen molar-refractivity contribution in [1.82, 2.24) is 14.2 Å². The van der Waals surface area contributed by atoms with Crippen molar-refractivity contribution in [2.75, 3.05) is 0 Å². The van der Waals surface area contributed by atoms with Gasteiger partial charge in [-0.1, -0.05) is 41.4 Å². The van der Waals surface area contributed by atoms with Crippen LogP contribution >= 0.6 is 23.2 Å². The largest absolute Gasteiger partial charge is 0.327 e. The minimum Gasteiger partial charge on any atom is -0.327 e. The topological polar surface area (TPSA) is 39.3 Å². The van der Waals surface area contributed by atoms with Crippen LogP contribution in [-0.2, 0) is 7.05 Å². The lowest BCUT2D eigenvalue weighted by Crippen LogP contribution is -2.00. The van der Waals surface area contributed by atoms with Crippen molar-refractivity contribution in [2.24, 2.45) is 7.05 Å². The molecular formula is C20H15Cl2N3O. The number of hydrogen-bond acceptors (Lipinski definition) is 2. The SMILES string of the molecule is Cc1nn2c3ccccc3n(C)c2c1C(=O)/C=C/c1c(Cl)cccc1Cl. The molecule has 6 heteroatoms. The Kier molecular flexibility index (Phi) is 4.10. The second kappa shape index (κ2) is 6.31. The third-order valence-corrected chi connectivity index (χ3v) is 5.13. The maximum atomic E-state index is 12.9. The fraction of sp³-hybridized carbons (Fsp3) is 0.100. The summed E-state index contributed by atoms with van der Waals surface area (Å²) < 4.78 is 3.80. The highest BCUT2D eigenvalue weighted by atomic mass is 35.5. The zero-order valence-corrected chi connectivity index (χ0v) is 15.7. The number of carbonyl (C=O) groups is 1. The summed E-state index contributed by atoms with van der Waals surface area (Å²) >= 11 is 12.4. The van der Waals surface area contributed by atoms with Crippen LogP contribution < -0.4 is 0 Å². The van der Waals surface area contributed by atoms with Gasteiger partial charge in [0.15, 0.2) is 5.78 Å². The van der Waals surface area contributed by atoms with E-state index in [9.17, 15) is 4.79 Å². The first kappa shape index (κ1) is 16.9. The van der Waals surface area contributed by atoms with Crippen LogP contribution in [0.2, 0.25) is 10.0 Å². The first-order valence-electron chi connectivity index (χ1n) is 8.08. The van der Waals surface area contributed by atoms with E-state index in [4.69, 9.17) is 23.2 Å². The number of allylic oxidation sites excluding steroid dienone is 1. The van der Waals surface area contributed by atoms with Gasteiger partial charge in [-0.15, -0.1) is 0 Å². The number of rotatable bonds is 3. The Balaban J connectivity index is 1.85. The van der Waals surface area contributed by atoms with E-state index in [0.717, 1.165) is 16.7 Å². The van der Waals surface area contributed by atoms with Gasteiger partial charge >= 0.3 is 0 Å². The molecule has 2 aromatic heterocycles. The van der Waals surface area contributed by atoms with Crippen LogP contribution in [0.15, 0.2) is 48.5 Å². The van der Waals surface area contributed by atoms with Crippen molar-refractivity contribution in [1.29, 1.82) is 0 Å². The van der Waals surface area contributed by atoms with Gasteiger partial charge in [0.1, 0.15) is 5.65 Å². The zero-order valence-electron chi connectivity index (χ0n) is 14.2. The highest BCUT2D eigenvalue weighted by Crippen LogP contribution is 2.27. The minimum atomic E-state index is -0.139. The van der Waals surface area contributed by atoms with E-state index < -0.39 is 0 Å². The van der Waals surface area contributed by atoms with Crippen LogP contribution in [0.3, 0.4) is 0 Å². The summed E-state index contributed by atoms with van der Waals surface area (Å²) in [5.74, 6) is -0.139. The van der Waals surface area contributed by atoms with Gasteiger partial charge in [0.2, 0.25) is 0 Å². The van der Waals surface area contributed by atoms with Crippen molar-refractivity contribution in [2.45, 2.75) is 6.92 Å². The Hall–Kier alpha value is -2.56. The molecule has 130 valence electrons. The molecular weight excluding hydrogens is 369 g/mol. The fourth-order valence-electron chi connectivity index (χ4n) is 3.23. The second-order valence-corrected chi connectivity index (χ2v) is 6.89. The predicted octanol–water partition coefficient (Wildman–Crippen LogP) is 5.34. The summed E-state index contributed by atoms with van der Waals surface area (Å²) in [5.41, 5.74) is 4.63. The molecule has 0 aliphatic rings. The first-order valence-corrected chi connectivity index (χ1v) is 8.84. The molecule has 0 bridgehead atoms. The number of aryl methyl sites for hydroxylation is 2. The summed E-state index contributed by atoms with van der Waals surface area (Å²) in [7, 11) is 1.93. The molecule has 0 amide bonds. The average molecular weight is 384 g/mol. The van der Waals surface area contributed by atoms with E-state index in [0.29, 0.717) is 26.9 Å². The number of hydrogen-bond donors (Lipinski definition) is 0. The molecule has 0 fully saturated rings. The number of ketones is 1. The maximum Gasteiger partial charge on any atom is 0.191 e. The van der Waals surface area contributed by atoms with Crippen molar-refractivity contribution in [3.63, 3.8) is 0 Å². The van der Waals surface area contributed by atoms with Crippen molar-refractivity contribution >= 4 is 51.7 Å². The lowest BCUT2D eigenvalue weighted by molar-refractivity contribution is 0.104. The van der Waals surface area contributed by atoms with Gasteiger partial charge < -0.3 is 4.57 Å². The molecule has 4 rings (SSSR count). The highest BCUT2D eigenvalue weighted by Gasteiger charge is 2.20. The van der Waals surface area contributed by atoms with Gasteiger partial charge in [0, 0.05) is 22.7 Å². The summed E-state index contributed by atoms with van der Waals surface area (Å²) in [4.78, 5) is 12.9. The van der Waals surface area contributed by atoms with Gasteiger partial charge in [-0.25, -0.2) is 4.52 Å². The van der Waals surface area contributed by atoms with E-state index in [1.807, 2.05) is 47.3 Å². The van der Waals surface area contributed by atoms with Crippen molar-refractivity contribution < 1.29 is 4.79 Å². The number of carbonyl (C=O) groups excluding carboxylic acids is 1. The molecule has 2 aromatic carbocycles. The van der Waals surface area contributed by atoms with Crippen molar-refractivity contribution in [3.8, 4) is 0 Å². The number of para-hydroxylation sites is 2. The van der Waals surface area contributed by atoms with Gasteiger partial charge in [-0.05, 0) is 43.3 Å². The molecule has 0 radical (unpaired) electrons. The van der Waals surface area contributed by atoms with E-state index in [-0.39, 0.29) is 5.78 Å². The van der Waals surface area contributed by atoms with Gasteiger partial charge in [0.25, 0.3) is 0 Å². The fourth-order valence-corrected chi connectivity index (χ4v) is 3.76. The molecule has 0 saturated heterocycles. The van der Waals surface area contributed by atoms with Crippen LogP contribution in [0.25, 0.3) is 22.8 Å². The molecule has 0 spiro atoms. The Labute approximate surface area is 160 Å². The summed E-state index contributed by atoms with van der Waals surface area (Å²) in [6, 6.07) is 13.2. The highest BCUT2D eigenvalue weighted by molar-refractivity contribution is 6.37. The van der Waals surface area contributed by atoms with Gasteiger partial charge in [-0.3, -0.25) is 4.79 Å². The zero-order chi connectivity index (χ0) is 18.4. The monoisotopic (exact) mass is 383 g/mol. The maximum absolute atomic E-state index is 12.9. The molecule has 2 heterocycles. The number of aromatic nitrogens is 3. The number of benzene rings is 2. The van der Waals surface area contributed by atoms with Crippen LogP contribution in [-0.4, -0.2) is 20.0 Å². The molecule has 0 aliphatic heterocycles. The Morgan fingerprint density at radius 2 is 1.69 bits per heavy atom. The Morgan fingerprint density at radius 3 is 2.38 bits per heavy atom. The molecule has 4 aromatic rings. The summed E-state index contributed by atoms with van der Waals surface area (Å²) in [6.07, 6.45) is 3.15. The molecule has 0 unspecified atom stereocenters. The van der Waals surface area contributed by atoms with Crippen LogP contribution in [0.4, 0.5) is 0 Å². The summed E-state index contributed by atoms with van der Waals surface area (Å²) in [5, 5.41) is 5.57. The predicted molar refractivity (Wildman–Crippen MR) is 106 cm³/mol. The number of halogens is 2. The standard InChI is InChI=1S/C20H15Cl2N3O/c1-12-19(18(26)11-10-13-14(21)6-5-7-15(13)22)20-24(2)16-8-3-4-9-17(16)25(20)23-12/h3-11H,1-2H3/b11-10+.